The highest BCUT2D eigenvalue weighted by molar-refractivity contribution is 5.98. The molecule has 0 fully saturated rings. The summed E-state index contributed by atoms with van der Waals surface area (Å²) in [5.41, 5.74) is 1.24. The molecule has 0 aromatic heterocycles. The number of ether oxygens (including phenoxy) is 2. The van der Waals surface area contributed by atoms with Gasteiger partial charge in [-0.3, -0.25) is 4.79 Å². The summed E-state index contributed by atoms with van der Waals surface area (Å²) in [6, 6.07) is 5.48. The van der Waals surface area contributed by atoms with Crippen molar-refractivity contribution in [2.24, 2.45) is 0 Å². The number of aryl methyl sites for hydroxylation is 1. The molecule has 0 saturated heterocycles. The number of hydrogen-bond donors (Lipinski definition) is 0. The van der Waals surface area contributed by atoms with Crippen LogP contribution in [0.25, 0.3) is 0 Å². The van der Waals surface area contributed by atoms with Gasteiger partial charge in [0.25, 0.3) is 0 Å². The molecule has 0 radical (unpaired) electrons. The maximum absolute atomic E-state index is 12.1. The van der Waals surface area contributed by atoms with Crippen molar-refractivity contribution in [3.05, 3.63) is 29.3 Å². The van der Waals surface area contributed by atoms with Crippen LogP contribution in [0.15, 0.2) is 18.2 Å². The van der Waals surface area contributed by atoms with Crippen LogP contribution in [0.3, 0.4) is 0 Å². The summed E-state index contributed by atoms with van der Waals surface area (Å²) in [4.78, 5) is 12.1. The van der Waals surface area contributed by atoms with Crippen LogP contribution in [-0.2, 0) is 4.74 Å². The van der Waals surface area contributed by atoms with E-state index in [1.54, 1.807) is 20.3 Å². The molecule has 1 aromatic carbocycles. The zero-order chi connectivity index (χ0) is 13.1. The van der Waals surface area contributed by atoms with E-state index in [0.717, 1.165) is 16.9 Å². The zero-order valence-corrected chi connectivity index (χ0v) is 11.2. The molecule has 0 atom stereocenters. The molecule has 94 valence electrons. The van der Waals surface area contributed by atoms with Gasteiger partial charge >= 0.3 is 0 Å². The van der Waals surface area contributed by atoms with E-state index in [1.807, 2.05) is 32.9 Å². The molecule has 0 bridgehead atoms. The van der Waals surface area contributed by atoms with E-state index in [1.165, 1.54) is 0 Å². The maximum Gasteiger partial charge on any atom is 0.165 e. The lowest BCUT2D eigenvalue weighted by Crippen LogP contribution is -2.26. The minimum absolute atomic E-state index is 0.0944. The quantitative estimate of drug-likeness (QED) is 0.737. The zero-order valence-electron chi connectivity index (χ0n) is 11.2. The van der Waals surface area contributed by atoms with Gasteiger partial charge in [0.2, 0.25) is 0 Å². The highest BCUT2D eigenvalue weighted by Gasteiger charge is 2.22. The average Bonchev–Trinajstić information content (AvgIpc) is 2.28. The molecule has 1 rings (SSSR count). The molecule has 0 unspecified atom stereocenters. The van der Waals surface area contributed by atoms with Crippen LogP contribution in [0.1, 0.15) is 36.2 Å². The van der Waals surface area contributed by atoms with E-state index in [2.05, 4.69) is 0 Å². The fourth-order valence-corrected chi connectivity index (χ4v) is 1.63. The van der Waals surface area contributed by atoms with Crippen LogP contribution in [0.5, 0.6) is 5.75 Å². The third-order valence-corrected chi connectivity index (χ3v) is 2.87. The largest absolute Gasteiger partial charge is 0.497 e. The summed E-state index contributed by atoms with van der Waals surface area (Å²) in [5, 5.41) is 0. The summed E-state index contributed by atoms with van der Waals surface area (Å²) in [5.74, 6) is 0.863. The molecule has 3 heteroatoms. The van der Waals surface area contributed by atoms with Crippen molar-refractivity contribution < 1.29 is 14.3 Å². The van der Waals surface area contributed by atoms with Gasteiger partial charge in [-0.05, 0) is 44.5 Å². The average molecular weight is 236 g/mol. The molecule has 0 N–H and O–H groups in total. The summed E-state index contributed by atoms with van der Waals surface area (Å²) in [6.45, 7) is 5.73. The van der Waals surface area contributed by atoms with Crippen molar-refractivity contribution >= 4 is 5.78 Å². The lowest BCUT2D eigenvalue weighted by molar-refractivity contribution is 0.0172. The van der Waals surface area contributed by atoms with Crippen LogP contribution < -0.4 is 4.74 Å². The van der Waals surface area contributed by atoms with Crippen molar-refractivity contribution in [3.63, 3.8) is 0 Å². The third-order valence-electron chi connectivity index (χ3n) is 2.87. The van der Waals surface area contributed by atoms with E-state index < -0.39 is 5.60 Å². The summed E-state index contributed by atoms with van der Waals surface area (Å²) < 4.78 is 10.4. The number of hydrogen-bond acceptors (Lipinski definition) is 3. The van der Waals surface area contributed by atoms with Crippen LogP contribution in [0.2, 0.25) is 0 Å². The van der Waals surface area contributed by atoms with Crippen molar-refractivity contribution in [2.45, 2.75) is 32.8 Å². The Hall–Kier alpha value is -1.35. The van der Waals surface area contributed by atoms with E-state index in [4.69, 9.17) is 9.47 Å². The molecular formula is C14H20O3. The second-order valence-electron chi connectivity index (χ2n) is 4.74. The number of Topliss-reactive ketones (excluding diaryl/α,β-unsaturated/α-hetero) is 1. The monoisotopic (exact) mass is 236 g/mol. The first kappa shape index (κ1) is 13.7. The number of methoxy groups -OCH3 is 2. The first-order chi connectivity index (χ1) is 7.89. The van der Waals surface area contributed by atoms with Crippen LogP contribution in [0, 0.1) is 6.92 Å². The highest BCUT2D eigenvalue weighted by Crippen LogP contribution is 2.22. The summed E-state index contributed by atoms with van der Waals surface area (Å²) >= 11 is 0. The summed E-state index contributed by atoms with van der Waals surface area (Å²) in [6.07, 6.45) is 0.372. The molecule has 0 aliphatic carbocycles. The topological polar surface area (TPSA) is 35.5 Å². The molecular weight excluding hydrogens is 216 g/mol. The second kappa shape index (κ2) is 5.32. The van der Waals surface area contributed by atoms with Gasteiger partial charge in [0.1, 0.15) is 5.75 Å². The Balaban J connectivity index is 2.90. The van der Waals surface area contributed by atoms with E-state index >= 15 is 0 Å². The Labute approximate surface area is 103 Å². The van der Waals surface area contributed by atoms with Crippen molar-refractivity contribution in [1.29, 1.82) is 0 Å². The predicted molar refractivity (Wildman–Crippen MR) is 67.8 cm³/mol. The summed E-state index contributed by atoms with van der Waals surface area (Å²) in [7, 11) is 3.23. The molecule has 0 aliphatic heterocycles. The number of rotatable bonds is 5. The van der Waals surface area contributed by atoms with Gasteiger partial charge in [0.05, 0.1) is 12.7 Å². The minimum Gasteiger partial charge on any atom is -0.497 e. The van der Waals surface area contributed by atoms with Gasteiger partial charge < -0.3 is 9.47 Å². The SMILES string of the molecule is COc1ccc(C(=O)CC(C)(C)OC)c(C)c1. The van der Waals surface area contributed by atoms with Crippen LogP contribution in [-0.4, -0.2) is 25.6 Å². The van der Waals surface area contributed by atoms with Crippen molar-refractivity contribution in [1.82, 2.24) is 0 Å². The molecule has 0 amide bonds. The molecule has 0 heterocycles. The minimum atomic E-state index is -0.427. The van der Waals surface area contributed by atoms with Gasteiger partial charge in [0.15, 0.2) is 5.78 Å². The van der Waals surface area contributed by atoms with E-state index in [-0.39, 0.29) is 5.78 Å². The van der Waals surface area contributed by atoms with Gasteiger partial charge in [-0.15, -0.1) is 0 Å². The lowest BCUT2D eigenvalue weighted by atomic mass is 9.95. The smallest absolute Gasteiger partial charge is 0.165 e. The fraction of sp³-hybridized carbons (Fsp3) is 0.500. The van der Waals surface area contributed by atoms with Crippen LogP contribution in [0.4, 0.5) is 0 Å². The van der Waals surface area contributed by atoms with Gasteiger partial charge in [-0.1, -0.05) is 0 Å². The van der Waals surface area contributed by atoms with Gasteiger partial charge in [0, 0.05) is 19.1 Å². The number of carbonyl (C=O) groups is 1. The number of carbonyl (C=O) groups excluding carboxylic acids is 1. The standard InChI is InChI=1S/C14H20O3/c1-10-8-11(16-4)6-7-12(10)13(15)9-14(2,3)17-5/h6-8H,9H2,1-5H3. The number of ketones is 1. The lowest BCUT2D eigenvalue weighted by Gasteiger charge is -2.22. The Morgan fingerprint density at radius 1 is 1.29 bits per heavy atom. The molecule has 0 saturated carbocycles. The molecule has 3 nitrogen and oxygen atoms in total. The maximum atomic E-state index is 12.1. The Morgan fingerprint density at radius 2 is 1.94 bits per heavy atom. The van der Waals surface area contributed by atoms with Crippen LogP contribution >= 0.6 is 0 Å². The molecule has 0 aliphatic rings. The van der Waals surface area contributed by atoms with Crippen molar-refractivity contribution in [2.75, 3.05) is 14.2 Å². The Bertz CT molecular complexity index is 408. The van der Waals surface area contributed by atoms with Gasteiger partial charge in [-0.2, -0.15) is 0 Å². The highest BCUT2D eigenvalue weighted by atomic mass is 16.5. The predicted octanol–water partition coefficient (Wildman–Crippen LogP) is 3.00. The van der Waals surface area contributed by atoms with Crippen molar-refractivity contribution in [3.8, 4) is 5.75 Å². The van der Waals surface area contributed by atoms with Gasteiger partial charge in [-0.25, -0.2) is 0 Å². The normalized spacial score (nSPS) is 11.4. The molecule has 17 heavy (non-hydrogen) atoms. The fourth-order valence-electron chi connectivity index (χ4n) is 1.63. The first-order valence-corrected chi connectivity index (χ1v) is 5.62. The van der Waals surface area contributed by atoms with E-state index in [9.17, 15) is 4.79 Å². The Kier molecular flexibility index (Phi) is 4.29. The number of benzene rings is 1. The van der Waals surface area contributed by atoms with E-state index in [0.29, 0.717) is 6.42 Å². The third kappa shape index (κ3) is 3.56. The Morgan fingerprint density at radius 3 is 2.41 bits per heavy atom. The molecule has 0 spiro atoms. The molecule has 1 aromatic rings. The second-order valence-corrected chi connectivity index (χ2v) is 4.74. The first-order valence-electron chi connectivity index (χ1n) is 5.62.